The molecule has 0 saturated carbocycles. The summed E-state index contributed by atoms with van der Waals surface area (Å²) >= 11 is 0. The maximum absolute atomic E-state index is 13.6. The van der Waals surface area contributed by atoms with Gasteiger partial charge in [0.25, 0.3) is 5.91 Å². The molecule has 0 aliphatic heterocycles. The first-order chi connectivity index (χ1) is 9.51. The van der Waals surface area contributed by atoms with Gasteiger partial charge in [0.05, 0.1) is 18.4 Å². The maximum atomic E-state index is 13.6. The van der Waals surface area contributed by atoms with Crippen molar-refractivity contribution in [3.63, 3.8) is 0 Å². The second-order valence-corrected chi connectivity index (χ2v) is 4.28. The van der Waals surface area contributed by atoms with Crippen LogP contribution in [0.2, 0.25) is 0 Å². The van der Waals surface area contributed by atoms with Gasteiger partial charge in [-0.3, -0.25) is 4.79 Å². The van der Waals surface area contributed by atoms with E-state index < -0.39 is 17.5 Å². The van der Waals surface area contributed by atoms with Crippen LogP contribution in [0.5, 0.6) is 5.75 Å². The van der Waals surface area contributed by atoms with Gasteiger partial charge in [0.15, 0.2) is 0 Å². The van der Waals surface area contributed by atoms with E-state index in [1.807, 2.05) is 0 Å². The molecule has 0 aliphatic rings. The molecular formula is C15H13F2NO2. The van der Waals surface area contributed by atoms with Gasteiger partial charge in [0.1, 0.15) is 17.4 Å². The highest BCUT2D eigenvalue weighted by atomic mass is 19.1. The van der Waals surface area contributed by atoms with Crippen molar-refractivity contribution in [1.82, 2.24) is 0 Å². The molecule has 2 rings (SSSR count). The van der Waals surface area contributed by atoms with Crippen LogP contribution in [0.1, 0.15) is 15.9 Å². The number of ether oxygens (including phenoxy) is 1. The molecule has 5 heteroatoms. The minimum absolute atomic E-state index is 0.0728. The van der Waals surface area contributed by atoms with E-state index in [-0.39, 0.29) is 17.0 Å². The van der Waals surface area contributed by atoms with Crippen molar-refractivity contribution in [2.45, 2.75) is 6.92 Å². The number of benzene rings is 2. The lowest BCUT2D eigenvalue weighted by Crippen LogP contribution is -2.14. The van der Waals surface area contributed by atoms with Crippen LogP contribution in [0.25, 0.3) is 0 Å². The van der Waals surface area contributed by atoms with Crippen molar-refractivity contribution in [3.05, 3.63) is 59.2 Å². The molecule has 0 bridgehead atoms. The smallest absolute Gasteiger partial charge is 0.258 e. The van der Waals surface area contributed by atoms with Gasteiger partial charge >= 0.3 is 0 Å². The predicted octanol–water partition coefficient (Wildman–Crippen LogP) is 3.53. The molecule has 2 aromatic rings. The fourth-order valence-corrected chi connectivity index (χ4v) is 1.77. The van der Waals surface area contributed by atoms with E-state index in [4.69, 9.17) is 4.74 Å². The minimum atomic E-state index is -0.617. The van der Waals surface area contributed by atoms with Gasteiger partial charge in [-0.1, -0.05) is 11.6 Å². The van der Waals surface area contributed by atoms with Crippen LogP contribution in [0, 0.1) is 18.6 Å². The first-order valence-electron chi connectivity index (χ1n) is 5.92. The molecule has 3 nitrogen and oxygen atoms in total. The molecule has 0 radical (unpaired) electrons. The summed E-state index contributed by atoms with van der Waals surface area (Å²) in [5, 5.41) is 2.50. The quantitative estimate of drug-likeness (QED) is 0.932. The Morgan fingerprint density at radius 2 is 1.90 bits per heavy atom. The minimum Gasteiger partial charge on any atom is -0.494 e. The molecule has 0 aliphatic carbocycles. The van der Waals surface area contributed by atoms with Crippen molar-refractivity contribution in [1.29, 1.82) is 0 Å². The van der Waals surface area contributed by atoms with Crippen LogP contribution in [-0.4, -0.2) is 13.0 Å². The van der Waals surface area contributed by atoms with Crippen LogP contribution in [0.4, 0.5) is 14.5 Å². The maximum Gasteiger partial charge on any atom is 0.258 e. The molecule has 0 aromatic heterocycles. The standard InChI is InChI=1S/C15H13F2NO2/c1-9-3-5-12(17)11(7-9)15(19)18-13-6-4-10(16)8-14(13)20-2/h3-8H,1-2H3,(H,18,19). The number of hydrogen-bond donors (Lipinski definition) is 1. The Labute approximate surface area is 115 Å². The molecule has 20 heavy (non-hydrogen) atoms. The zero-order chi connectivity index (χ0) is 14.7. The van der Waals surface area contributed by atoms with Crippen molar-refractivity contribution >= 4 is 11.6 Å². The molecule has 1 amide bonds. The van der Waals surface area contributed by atoms with Gasteiger partial charge < -0.3 is 10.1 Å². The van der Waals surface area contributed by atoms with Crippen LogP contribution < -0.4 is 10.1 Å². The SMILES string of the molecule is COc1cc(F)ccc1NC(=O)c1cc(C)ccc1F. The largest absolute Gasteiger partial charge is 0.494 e. The number of anilines is 1. The molecule has 0 atom stereocenters. The number of carbonyl (C=O) groups is 1. The molecular weight excluding hydrogens is 264 g/mol. The first-order valence-corrected chi connectivity index (χ1v) is 5.92. The van der Waals surface area contributed by atoms with Gasteiger partial charge in [-0.2, -0.15) is 0 Å². The zero-order valence-electron chi connectivity index (χ0n) is 11.0. The Balaban J connectivity index is 2.30. The Kier molecular flexibility index (Phi) is 3.98. The number of nitrogens with one attached hydrogen (secondary N) is 1. The van der Waals surface area contributed by atoms with Crippen LogP contribution in [-0.2, 0) is 0 Å². The van der Waals surface area contributed by atoms with Gasteiger partial charge in [-0.05, 0) is 31.2 Å². The lowest BCUT2D eigenvalue weighted by molar-refractivity contribution is 0.102. The summed E-state index contributed by atoms with van der Waals surface area (Å²) in [5.74, 6) is -1.54. The first kappa shape index (κ1) is 14.0. The van der Waals surface area contributed by atoms with Crippen molar-refractivity contribution in [2.75, 3.05) is 12.4 Å². The predicted molar refractivity (Wildman–Crippen MR) is 72.0 cm³/mol. The molecule has 104 valence electrons. The summed E-state index contributed by atoms with van der Waals surface area (Å²) in [7, 11) is 1.36. The lowest BCUT2D eigenvalue weighted by atomic mass is 10.1. The molecule has 0 heterocycles. The number of hydrogen-bond acceptors (Lipinski definition) is 2. The number of carbonyl (C=O) groups excluding carboxylic acids is 1. The van der Waals surface area contributed by atoms with E-state index in [0.717, 1.165) is 11.6 Å². The lowest BCUT2D eigenvalue weighted by Gasteiger charge is -2.11. The number of amides is 1. The third-order valence-corrected chi connectivity index (χ3v) is 2.78. The highest BCUT2D eigenvalue weighted by molar-refractivity contribution is 6.05. The third kappa shape index (κ3) is 2.93. The zero-order valence-corrected chi connectivity index (χ0v) is 11.0. The Morgan fingerprint density at radius 1 is 1.15 bits per heavy atom. The number of rotatable bonds is 3. The molecule has 0 spiro atoms. The molecule has 2 aromatic carbocycles. The van der Waals surface area contributed by atoms with Crippen molar-refractivity contribution < 1.29 is 18.3 Å². The second-order valence-electron chi connectivity index (χ2n) is 4.28. The van der Waals surface area contributed by atoms with Gasteiger partial charge in [0.2, 0.25) is 0 Å². The average molecular weight is 277 g/mol. The van der Waals surface area contributed by atoms with Crippen LogP contribution >= 0.6 is 0 Å². The van der Waals surface area contributed by atoms with Gasteiger partial charge in [-0.25, -0.2) is 8.78 Å². The monoisotopic (exact) mass is 277 g/mol. The summed E-state index contributed by atoms with van der Waals surface area (Å²) < 4.78 is 31.6. The highest BCUT2D eigenvalue weighted by Crippen LogP contribution is 2.25. The Hall–Kier alpha value is -2.43. The van der Waals surface area contributed by atoms with Crippen molar-refractivity contribution in [2.24, 2.45) is 0 Å². The normalized spacial score (nSPS) is 10.2. The van der Waals surface area contributed by atoms with Crippen LogP contribution in [0.15, 0.2) is 36.4 Å². The Bertz CT molecular complexity index is 656. The van der Waals surface area contributed by atoms with Gasteiger partial charge in [0, 0.05) is 6.07 Å². The average Bonchev–Trinajstić information content (AvgIpc) is 2.43. The fourth-order valence-electron chi connectivity index (χ4n) is 1.77. The second kappa shape index (κ2) is 5.69. The fraction of sp³-hybridized carbons (Fsp3) is 0.133. The number of halogens is 2. The third-order valence-electron chi connectivity index (χ3n) is 2.78. The van der Waals surface area contributed by atoms with E-state index in [1.54, 1.807) is 13.0 Å². The molecule has 0 fully saturated rings. The number of aryl methyl sites for hydroxylation is 1. The summed E-state index contributed by atoms with van der Waals surface area (Å²) in [4.78, 5) is 12.0. The molecule has 0 unspecified atom stereocenters. The summed E-state index contributed by atoms with van der Waals surface area (Å²) in [6.45, 7) is 1.76. The Morgan fingerprint density at radius 3 is 2.60 bits per heavy atom. The topological polar surface area (TPSA) is 38.3 Å². The van der Waals surface area contributed by atoms with Crippen LogP contribution in [0.3, 0.4) is 0 Å². The number of methoxy groups -OCH3 is 1. The molecule has 0 saturated heterocycles. The van der Waals surface area contributed by atoms with Crippen molar-refractivity contribution in [3.8, 4) is 5.75 Å². The van der Waals surface area contributed by atoms with E-state index in [9.17, 15) is 13.6 Å². The molecule has 1 N–H and O–H groups in total. The summed E-state index contributed by atoms with van der Waals surface area (Å²) in [6.07, 6.45) is 0. The van der Waals surface area contributed by atoms with E-state index >= 15 is 0 Å². The van der Waals surface area contributed by atoms with E-state index in [2.05, 4.69) is 5.32 Å². The van der Waals surface area contributed by atoms with Gasteiger partial charge in [-0.15, -0.1) is 0 Å². The highest BCUT2D eigenvalue weighted by Gasteiger charge is 2.14. The van der Waals surface area contributed by atoms with E-state index in [1.165, 1.54) is 31.4 Å². The van der Waals surface area contributed by atoms with E-state index in [0.29, 0.717) is 0 Å². The summed E-state index contributed by atoms with van der Waals surface area (Å²) in [6, 6.07) is 7.93. The summed E-state index contributed by atoms with van der Waals surface area (Å²) in [5.41, 5.74) is 0.971.